The van der Waals surface area contributed by atoms with Crippen LogP contribution >= 0.6 is 0 Å². The van der Waals surface area contributed by atoms with Crippen LogP contribution in [0.3, 0.4) is 0 Å². The summed E-state index contributed by atoms with van der Waals surface area (Å²) in [6, 6.07) is 3.98. The van der Waals surface area contributed by atoms with E-state index in [0.717, 1.165) is 37.6 Å². The number of hydrogen-bond acceptors (Lipinski definition) is 1. The highest BCUT2D eigenvalue weighted by molar-refractivity contribution is 5.31. The third-order valence-electron chi connectivity index (χ3n) is 4.74. The Labute approximate surface area is 127 Å². The molecule has 118 valence electrons. The van der Waals surface area contributed by atoms with Crippen molar-refractivity contribution in [2.45, 2.75) is 46.0 Å². The van der Waals surface area contributed by atoms with Gasteiger partial charge >= 0.3 is 0 Å². The van der Waals surface area contributed by atoms with Gasteiger partial charge in [-0.2, -0.15) is 0 Å². The van der Waals surface area contributed by atoms with Crippen LogP contribution in [0.25, 0.3) is 0 Å². The average molecular weight is 295 g/mol. The van der Waals surface area contributed by atoms with Gasteiger partial charge in [-0.25, -0.2) is 8.78 Å². The van der Waals surface area contributed by atoms with Crippen LogP contribution in [0.1, 0.15) is 46.1 Å². The van der Waals surface area contributed by atoms with E-state index in [9.17, 15) is 8.78 Å². The highest BCUT2D eigenvalue weighted by atomic mass is 19.1. The van der Waals surface area contributed by atoms with Gasteiger partial charge in [-0.1, -0.05) is 27.7 Å². The molecule has 0 spiro atoms. The van der Waals surface area contributed by atoms with E-state index in [-0.39, 0.29) is 5.41 Å². The monoisotopic (exact) mass is 295 g/mol. The number of nitrogens with one attached hydrogen (secondary N) is 1. The third kappa shape index (κ3) is 3.82. The molecule has 0 radical (unpaired) electrons. The normalized spacial score (nSPS) is 25.4. The fourth-order valence-corrected chi connectivity index (χ4v) is 3.36. The maximum Gasteiger partial charge on any atom is 0.126 e. The zero-order valence-corrected chi connectivity index (χ0v) is 13.5. The Balaban J connectivity index is 2.16. The van der Waals surface area contributed by atoms with E-state index in [1.807, 2.05) is 0 Å². The van der Waals surface area contributed by atoms with Gasteiger partial charge in [0.05, 0.1) is 0 Å². The molecule has 3 heteroatoms. The van der Waals surface area contributed by atoms with Gasteiger partial charge in [-0.15, -0.1) is 0 Å². The molecule has 1 nitrogen and oxygen atoms in total. The number of rotatable bonds is 6. The van der Waals surface area contributed by atoms with Crippen molar-refractivity contribution in [1.82, 2.24) is 5.32 Å². The first kappa shape index (κ1) is 16.4. The largest absolute Gasteiger partial charge is 0.316 e. The first-order chi connectivity index (χ1) is 9.82. The predicted molar refractivity (Wildman–Crippen MR) is 83.3 cm³/mol. The summed E-state index contributed by atoms with van der Waals surface area (Å²) in [5.74, 6) is 0.911. The van der Waals surface area contributed by atoms with E-state index in [1.165, 1.54) is 12.1 Å². The second-order valence-electron chi connectivity index (χ2n) is 7.38. The van der Waals surface area contributed by atoms with Crippen LogP contribution in [-0.2, 0) is 5.41 Å². The first-order valence-electron chi connectivity index (χ1n) is 8.00. The lowest BCUT2D eigenvalue weighted by atomic mass is 9.56. The van der Waals surface area contributed by atoms with Crippen LogP contribution in [0, 0.1) is 29.4 Å². The minimum Gasteiger partial charge on any atom is -0.316 e. The van der Waals surface area contributed by atoms with Crippen molar-refractivity contribution in [3.63, 3.8) is 0 Å². The Bertz CT molecular complexity index is 456. The van der Waals surface area contributed by atoms with E-state index >= 15 is 0 Å². The molecule has 0 saturated heterocycles. The highest BCUT2D eigenvalue weighted by Gasteiger charge is 2.46. The van der Waals surface area contributed by atoms with E-state index < -0.39 is 11.6 Å². The smallest absolute Gasteiger partial charge is 0.126 e. The van der Waals surface area contributed by atoms with Gasteiger partial charge in [0.15, 0.2) is 0 Å². The van der Waals surface area contributed by atoms with Crippen molar-refractivity contribution >= 4 is 0 Å². The van der Waals surface area contributed by atoms with E-state index in [0.29, 0.717) is 17.8 Å². The molecule has 0 amide bonds. The highest BCUT2D eigenvalue weighted by Crippen LogP contribution is 2.50. The van der Waals surface area contributed by atoms with Crippen LogP contribution in [-0.4, -0.2) is 13.1 Å². The maximum absolute atomic E-state index is 13.6. The maximum atomic E-state index is 13.6. The summed E-state index contributed by atoms with van der Waals surface area (Å²) in [5.41, 5.74) is 0.709. The minimum absolute atomic E-state index is 0.104. The molecule has 21 heavy (non-hydrogen) atoms. The van der Waals surface area contributed by atoms with Crippen molar-refractivity contribution in [3.8, 4) is 0 Å². The lowest BCUT2D eigenvalue weighted by Crippen LogP contribution is -2.50. The molecule has 0 aromatic heterocycles. The van der Waals surface area contributed by atoms with Crippen molar-refractivity contribution in [1.29, 1.82) is 0 Å². The third-order valence-corrected chi connectivity index (χ3v) is 4.74. The van der Waals surface area contributed by atoms with E-state index in [1.54, 1.807) is 0 Å². The zero-order valence-electron chi connectivity index (χ0n) is 13.5. The standard InChI is InChI=1S/C18H27F2N/c1-12(2)10-21-11-18(8-14(9-18)13(3)4)15-5-16(19)7-17(20)6-15/h5-7,12-14,21H,8-11H2,1-4H3. The SMILES string of the molecule is CC(C)CNCC1(c2cc(F)cc(F)c2)CC(C(C)C)C1. The topological polar surface area (TPSA) is 12.0 Å². The summed E-state index contributed by atoms with van der Waals surface area (Å²) >= 11 is 0. The summed E-state index contributed by atoms with van der Waals surface area (Å²) in [6.07, 6.45) is 2.03. The van der Waals surface area contributed by atoms with Gasteiger partial charge in [0.25, 0.3) is 0 Å². The molecule has 1 saturated carbocycles. The molecule has 1 aromatic carbocycles. The number of benzene rings is 1. The number of halogens is 2. The Morgan fingerprint density at radius 1 is 1.10 bits per heavy atom. The van der Waals surface area contributed by atoms with Gasteiger partial charge in [0.2, 0.25) is 0 Å². The molecule has 0 heterocycles. The Morgan fingerprint density at radius 2 is 1.67 bits per heavy atom. The van der Waals surface area contributed by atoms with Crippen LogP contribution in [0.15, 0.2) is 18.2 Å². The molecule has 0 bridgehead atoms. The molecule has 1 aliphatic carbocycles. The van der Waals surface area contributed by atoms with Crippen molar-refractivity contribution in [2.75, 3.05) is 13.1 Å². The molecule has 2 rings (SSSR count). The summed E-state index contributed by atoms with van der Waals surface area (Å²) in [6.45, 7) is 10.5. The quantitative estimate of drug-likeness (QED) is 0.814. The minimum atomic E-state index is -0.471. The van der Waals surface area contributed by atoms with Gasteiger partial charge in [0, 0.05) is 18.0 Å². The van der Waals surface area contributed by atoms with Crippen molar-refractivity contribution < 1.29 is 8.78 Å². The molecule has 1 aliphatic rings. The summed E-state index contributed by atoms with van der Waals surface area (Å²) in [4.78, 5) is 0. The molecule has 0 aliphatic heterocycles. The molecule has 1 N–H and O–H groups in total. The molecule has 1 aromatic rings. The zero-order chi connectivity index (χ0) is 15.6. The Hall–Kier alpha value is -0.960. The van der Waals surface area contributed by atoms with Gasteiger partial charge in [-0.3, -0.25) is 0 Å². The van der Waals surface area contributed by atoms with Crippen LogP contribution in [0.4, 0.5) is 8.78 Å². The van der Waals surface area contributed by atoms with Crippen molar-refractivity contribution in [2.24, 2.45) is 17.8 Å². The molecular formula is C18H27F2N. The summed E-state index contributed by atoms with van der Waals surface area (Å²) in [7, 11) is 0. The van der Waals surface area contributed by atoms with Crippen LogP contribution < -0.4 is 5.32 Å². The predicted octanol–water partition coefficient (Wildman–Crippen LogP) is 4.51. The van der Waals surface area contributed by atoms with E-state index in [4.69, 9.17) is 0 Å². The fourth-order valence-electron chi connectivity index (χ4n) is 3.36. The molecule has 0 atom stereocenters. The lowest BCUT2D eigenvalue weighted by molar-refractivity contribution is 0.0965. The lowest BCUT2D eigenvalue weighted by Gasteiger charge is -2.50. The van der Waals surface area contributed by atoms with Crippen molar-refractivity contribution in [3.05, 3.63) is 35.4 Å². The fraction of sp³-hybridized carbons (Fsp3) is 0.667. The number of hydrogen-bond donors (Lipinski definition) is 1. The second-order valence-corrected chi connectivity index (χ2v) is 7.38. The van der Waals surface area contributed by atoms with Gasteiger partial charge in [0.1, 0.15) is 11.6 Å². The van der Waals surface area contributed by atoms with Gasteiger partial charge in [-0.05, 0) is 54.8 Å². The van der Waals surface area contributed by atoms with E-state index in [2.05, 4.69) is 33.0 Å². The molecular weight excluding hydrogens is 268 g/mol. The van der Waals surface area contributed by atoms with Crippen LogP contribution in [0.2, 0.25) is 0 Å². The first-order valence-corrected chi connectivity index (χ1v) is 8.00. The average Bonchev–Trinajstić information content (AvgIpc) is 2.29. The second kappa shape index (κ2) is 6.43. The van der Waals surface area contributed by atoms with Gasteiger partial charge < -0.3 is 5.32 Å². The Morgan fingerprint density at radius 3 is 2.14 bits per heavy atom. The molecule has 1 fully saturated rings. The summed E-state index contributed by atoms with van der Waals surface area (Å²) in [5, 5.41) is 3.48. The van der Waals surface area contributed by atoms with Crippen LogP contribution in [0.5, 0.6) is 0 Å². The Kier molecular flexibility index (Phi) is 5.03. The summed E-state index contributed by atoms with van der Waals surface area (Å²) < 4.78 is 27.1. The molecule has 0 unspecified atom stereocenters.